The van der Waals surface area contributed by atoms with Crippen molar-refractivity contribution < 1.29 is 4.79 Å². The zero-order chi connectivity index (χ0) is 12.4. The summed E-state index contributed by atoms with van der Waals surface area (Å²) in [6.45, 7) is 0. The van der Waals surface area contributed by atoms with E-state index >= 15 is 0 Å². The van der Waals surface area contributed by atoms with Gasteiger partial charge in [-0.25, -0.2) is 4.98 Å². The van der Waals surface area contributed by atoms with E-state index in [1.807, 2.05) is 30.3 Å². The maximum Gasteiger partial charge on any atom is 0.270 e. The summed E-state index contributed by atoms with van der Waals surface area (Å²) >= 11 is 0. The molecule has 0 atom stereocenters. The first kappa shape index (κ1) is 11.2. The molecule has 1 aliphatic carbocycles. The fourth-order valence-corrected chi connectivity index (χ4v) is 2.52. The first-order valence-electron chi connectivity index (χ1n) is 6.49. The van der Waals surface area contributed by atoms with Crippen LogP contribution in [-0.2, 0) is 0 Å². The number of rotatable bonds is 2. The highest BCUT2D eigenvalue weighted by atomic mass is 16.1. The molecule has 2 aromatic rings. The summed E-state index contributed by atoms with van der Waals surface area (Å²) in [5, 5.41) is 4.12. The van der Waals surface area contributed by atoms with Gasteiger partial charge in [-0.05, 0) is 25.0 Å². The molecule has 1 aromatic heterocycles. The quantitative estimate of drug-likeness (QED) is 0.877. The van der Waals surface area contributed by atoms with Gasteiger partial charge in [-0.3, -0.25) is 4.79 Å². The molecule has 3 rings (SSSR count). The second-order valence-electron chi connectivity index (χ2n) is 4.84. The summed E-state index contributed by atoms with van der Waals surface area (Å²) in [4.78, 5) is 16.5. The van der Waals surface area contributed by atoms with Crippen LogP contribution in [0.5, 0.6) is 0 Å². The lowest BCUT2D eigenvalue weighted by Crippen LogP contribution is -2.33. The number of nitrogens with one attached hydrogen (secondary N) is 1. The van der Waals surface area contributed by atoms with E-state index in [4.69, 9.17) is 0 Å². The monoisotopic (exact) mass is 240 g/mol. The van der Waals surface area contributed by atoms with Crippen molar-refractivity contribution in [2.45, 2.75) is 31.7 Å². The third-order valence-electron chi connectivity index (χ3n) is 3.52. The maximum absolute atomic E-state index is 12.1. The Morgan fingerprint density at radius 3 is 2.72 bits per heavy atom. The normalized spacial score (nSPS) is 16.0. The first-order chi connectivity index (χ1) is 8.83. The molecule has 0 bridgehead atoms. The van der Waals surface area contributed by atoms with Crippen LogP contribution in [0.25, 0.3) is 10.9 Å². The fourth-order valence-electron chi connectivity index (χ4n) is 2.52. The molecule has 0 aliphatic heterocycles. The largest absolute Gasteiger partial charge is 0.348 e. The molecule has 18 heavy (non-hydrogen) atoms. The van der Waals surface area contributed by atoms with Crippen LogP contribution in [0.1, 0.15) is 36.2 Å². The number of aromatic nitrogens is 1. The molecule has 1 N–H and O–H groups in total. The number of para-hydroxylation sites is 1. The average Bonchev–Trinajstić information content (AvgIpc) is 2.91. The van der Waals surface area contributed by atoms with Crippen LogP contribution in [0.2, 0.25) is 0 Å². The summed E-state index contributed by atoms with van der Waals surface area (Å²) in [6.07, 6.45) is 4.63. The number of benzene rings is 1. The maximum atomic E-state index is 12.1. The van der Waals surface area contributed by atoms with Crippen LogP contribution in [0.3, 0.4) is 0 Å². The Bertz CT molecular complexity index is 573. The third kappa shape index (κ3) is 2.21. The Balaban J connectivity index is 1.82. The Morgan fingerprint density at radius 2 is 1.89 bits per heavy atom. The van der Waals surface area contributed by atoms with E-state index < -0.39 is 0 Å². The Hall–Kier alpha value is -1.90. The molecule has 1 saturated carbocycles. The zero-order valence-electron chi connectivity index (χ0n) is 10.2. The van der Waals surface area contributed by atoms with E-state index in [9.17, 15) is 4.79 Å². The van der Waals surface area contributed by atoms with Crippen molar-refractivity contribution in [2.75, 3.05) is 0 Å². The Morgan fingerprint density at radius 1 is 1.11 bits per heavy atom. The predicted octanol–water partition coefficient (Wildman–Crippen LogP) is 2.91. The molecule has 1 amide bonds. The van der Waals surface area contributed by atoms with Gasteiger partial charge in [0.05, 0.1) is 5.52 Å². The molecule has 0 radical (unpaired) electrons. The van der Waals surface area contributed by atoms with Crippen molar-refractivity contribution in [2.24, 2.45) is 0 Å². The van der Waals surface area contributed by atoms with Crippen LogP contribution < -0.4 is 5.32 Å². The molecule has 1 fully saturated rings. The minimum absolute atomic E-state index is 0.0485. The second kappa shape index (κ2) is 4.77. The molecule has 1 heterocycles. The average molecular weight is 240 g/mol. The van der Waals surface area contributed by atoms with E-state index in [0.29, 0.717) is 11.7 Å². The smallest absolute Gasteiger partial charge is 0.270 e. The topological polar surface area (TPSA) is 42.0 Å². The molecule has 1 aliphatic rings. The molecule has 92 valence electrons. The van der Waals surface area contributed by atoms with Crippen molar-refractivity contribution >= 4 is 16.8 Å². The van der Waals surface area contributed by atoms with Crippen molar-refractivity contribution in [1.29, 1.82) is 0 Å². The minimum Gasteiger partial charge on any atom is -0.348 e. The molecular formula is C15H16N2O. The van der Waals surface area contributed by atoms with Crippen LogP contribution in [0, 0.1) is 0 Å². The van der Waals surface area contributed by atoms with E-state index in [1.54, 1.807) is 6.07 Å². The summed E-state index contributed by atoms with van der Waals surface area (Å²) in [7, 11) is 0. The van der Waals surface area contributed by atoms with Gasteiger partial charge >= 0.3 is 0 Å². The number of nitrogens with zero attached hydrogens (tertiary/aromatic N) is 1. The lowest BCUT2D eigenvalue weighted by molar-refractivity contribution is 0.0933. The number of hydrogen-bond acceptors (Lipinski definition) is 2. The standard InChI is InChI=1S/C15H16N2O/c18-15(16-12-6-2-3-7-12)14-10-9-11-5-1-4-8-13(11)17-14/h1,4-5,8-10,12H,2-3,6-7H2,(H,16,18). The molecule has 0 unspecified atom stereocenters. The summed E-state index contributed by atoms with van der Waals surface area (Å²) in [5.41, 5.74) is 1.39. The highest BCUT2D eigenvalue weighted by Gasteiger charge is 2.18. The Labute approximate surface area is 106 Å². The van der Waals surface area contributed by atoms with Crippen molar-refractivity contribution in [3.05, 3.63) is 42.1 Å². The molecule has 1 aromatic carbocycles. The number of amides is 1. The predicted molar refractivity (Wildman–Crippen MR) is 71.5 cm³/mol. The Kier molecular flexibility index (Phi) is 2.97. The van der Waals surface area contributed by atoms with Gasteiger partial charge in [0.15, 0.2) is 0 Å². The van der Waals surface area contributed by atoms with E-state index in [1.165, 1.54) is 12.8 Å². The molecule has 3 heteroatoms. The fraction of sp³-hybridized carbons (Fsp3) is 0.333. The zero-order valence-corrected chi connectivity index (χ0v) is 10.2. The van der Waals surface area contributed by atoms with Gasteiger partial charge in [0, 0.05) is 11.4 Å². The second-order valence-corrected chi connectivity index (χ2v) is 4.84. The van der Waals surface area contributed by atoms with Crippen LogP contribution in [0.4, 0.5) is 0 Å². The first-order valence-corrected chi connectivity index (χ1v) is 6.49. The van der Waals surface area contributed by atoms with E-state index in [2.05, 4.69) is 10.3 Å². The highest BCUT2D eigenvalue weighted by molar-refractivity contribution is 5.95. The molecule has 0 spiro atoms. The molecule has 0 saturated heterocycles. The van der Waals surface area contributed by atoms with Crippen LogP contribution in [-0.4, -0.2) is 16.9 Å². The van der Waals surface area contributed by atoms with Crippen LogP contribution >= 0.6 is 0 Å². The van der Waals surface area contributed by atoms with Crippen LogP contribution in [0.15, 0.2) is 36.4 Å². The summed E-state index contributed by atoms with van der Waals surface area (Å²) < 4.78 is 0. The third-order valence-corrected chi connectivity index (χ3v) is 3.52. The highest BCUT2D eigenvalue weighted by Crippen LogP contribution is 2.18. The number of fused-ring (bicyclic) bond motifs is 1. The van der Waals surface area contributed by atoms with Gasteiger partial charge in [-0.1, -0.05) is 37.1 Å². The number of carbonyl (C=O) groups excluding carboxylic acids is 1. The number of hydrogen-bond donors (Lipinski definition) is 1. The lowest BCUT2D eigenvalue weighted by Gasteiger charge is -2.11. The van der Waals surface area contributed by atoms with Crippen molar-refractivity contribution in [3.8, 4) is 0 Å². The summed E-state index contributed by atoms with van der Waals surface area (Å²) in [5.74, 6) is -0.0485. The van der Waals surface area contributed by atoms with E-state index in [-0.39, 0.29) is 5.91 Å². The molecular weight excluding hydrogens is 224 g/mol. The van der Waals surface area contributed by atoms with Gasteiger partial charge in [0.2, 0.25) is 0 Å². The van der Waals surface area contributed by atoms with E-state index in [0.717, 1.165) is 23.7 Å². The molecule has 3 nitrogen and oxygen atoms in total. The lowest BCUT2D eigenvalue weighted by atomic mass is 10.2. The van der Waals surface area contributed by atoms with Gasteiger partial charge in [0.1, 0.15) is 5.69 Å². The number of carbonyl (C=O) groups is 1. The van der Waals surface area contributed by atoms with Crippen molar-refractivity contribution in [1.82, 2.24) is 10.3 Å². The minimum atomic E-state index is -0.0485. The summed E-state index contributed by atoms with van der Waals surface area (Å²) in [6, 6.07) is 11.9. The number of pyridine rings is 1. The van der Waals surface area contributed by atoms with Gasteiger partial charge in [-0.2, -0.15) is 0 Å². The van der Waals surface area contributed by atoms with Gasteiger partial charge in [-0.15, -0.1) is 0 Å². The van der Waals surface area contributed by atoms with Gasteiger partial charge in [0.25, 0.3) is 5.91 Å². The van der Waals surface area contributed by atoms with Gasteiger partial charge < -0.3 is 5.32 Å². The van der Waals surface area contributed by atoms with Crippen molar-refractivity contribution in [3.63, 3.8) is 0 Å². The SMILES string of the molecule is O=C(NC1CCCC1)c1ccc2ccccc2n1.